The summed E-state index contributed by atoms with van der Waals surface area (Å²) < 4.78 is 1.73. The maximum Gasteiger partial charge on any atom is 0.336 e. The lowest BCUT2D eigenvalue weighted by Gasteiger charge is -2.14. The van der Waals surface area contributed by atoms with Gasteiger partial charge in [0.2, 0.25) is 0 Å². The summed E-state index contributed by atoms with van der Waals surface area (Å²) in [5.41, 5.74) is 4.27. The molecule has 10 nitrogen and oxygen atoms in total. The topological polar surface area (TPSA) is 154 Å². The number of carboxylic acids is 1. The number of H-pyrrole nitrogens is 1. The van der Waals surface area contributed by atoms with Crippen molar-refractivity contribution in [3.05, 3.63) is 117 Å². The SMILES string of the molecule is CCc1cc(-c2cnn(C)c2-c2ccc3ccccc3c2C#N)cc2c(CNC(=O)c3ccccc3C(=O)O)n[nH]c(=O)c12. The number of aromatic amines is 1. The third kappa shape index (κ3) is 4.76. The summed E-state index contributed by atoms with van der Waals surface area (Å²) in [4.78, 5) is 37.7. The predicted octanol–water partition coefficient (Wildman–Crippen LogP) is 5.21. The van der Waals surface area contributed by atoms with Crippen LogP contribution in [0, 0.1) is 11.3 Å². The zero-order valence-corrected chi connectivity index (χ0v) is 23.9. The van der Waals surface area contributed by atoms with Gasteiger partial charge in [-0.25, -0.2) is 9.89 Å². The van der Waals surface area contributed by atoms with Crippen molar-refractivity contribution in [2.75, 3.05) is 0 Å². The average molecular weight is 583 g/mol. The van der Waals surface area contributed by atoms with E-state index in [1.165, 1.54) is 12.1 Å². The van der Waals surface area contributed by atoms with E-state index >= 15 is 0 Å². The number of nitriles is 1. The second kappa shape index (κ2) is 11.3. The summed E-state index contributed by atoms with van der Waals surface area (Å²) in [6, 6.07) is 23.7. The van der Waals surface area contributed by atoms with Crippen LogP contribution in [0.4, 0.5) is 0 Å². The summed E-state index contributed by atoms with van der Waals surface area (Å²) >= 11 is 0. The molecule has 10 heteroatoms. The fourth-order valence-corrected chi connectivity index (χ4v) is 5.69. The maximum absolute atomic E-state index is 13.0. The number of carbonyl (C=O) groups excluding carboxylic acids is 1. The molecule has 6 aromatic rings. The van der Waals surface area contributed by atoms with Gasteiger partial charge in [0.05, 0.1) is 46.2 Å². The molecule has 2 heterocycles. The highest BCUT2D eigenvalue weighted by atomic mass is 16.4. The summed E-state index contributed by atoms with van der Waals surface area (Å²) in [5.74, 6) is -1.79. The van der Waals surface area contributed by atoms with Gasteiger partial charge < -0.3 is 10.4 Å². The number of benzene rings is 4. The van der Waals surface area contributed by atoms with E-state index in [2.05, 4.69) is 26.7 Å². The second-order valence-corrected chi connectivity index (χ2v) is 10.3. The van der Waals surface area contributed by atoms with Crippen LogP contribution in [0.1, 0.15) is 44.5 Å². The van der Waals surface area contributed by atoms with E-state index in [0.29, 0.717) is 28.5 Å². The van der Waals surface area contributed by atoms with Crippen molar-refractivity contribution in [2.45, 2.75) is 19.9 Å². The quantitative estimate of drug-likeness (QED) is 0.234. The number of fused-ring (bicyclic) bond motifs is 2. The fraction of sp³-hybridized carbons (Fsp3) is 0.118. The first-order chi connectivity index (χ1) is 21.3. The number of carbonyl (C=O) groups is 2. The van der Waals surface area contributed by atoms with Crippen molar-refractivity contribution in [2.24, 2.45) is 7.05 Å². The Morgan fingerprint density at radius 1 is 1.00 bits per heavy atom. The summed E-state index contributed by atoms with van der Waals surface area (Å²) in [7, 11) is 1.82. The number of nitrogens with zero attached hydrogens (tertiary/aromatic N) is 4. The Bertz CT molecular complexity index is 2220. The number of carboxylic acid groups (broad SMARTS) is 1. The van der Waals surface area contributed by atoms with Crippen LogP contribution in [-0.4, -0.2) is 37.0 Å². The molecular weight excluding hydrogens is 556 g/mol. The first kappa shape index (κ1) is 28.1. The lowest BCUT2D eigenvalue weighted by atomic mass is 9.92. The molecule has 0 saturated heterocycles. The van der Waals surface area contributed by atoms with Crippen molar-refractivity contribution >= 4 is 33.4 Å². The van der Waals surface area contributed by atoms with Crippen LogP contribution in [0.25, 0.3) is 43.9 Å². The lowest BCUT2D eigenvalue weighted by molar-refractivity contribution is 0.0691. The van der Waals surface area contributed by atoms with Crippen molar-refractivity contribution in [3.63, 3.8) is 0 Å². The minimum Gasteiger partial charge on any atom is -0.478 e. The molecule has 216 valence electrons. The number of aryl methyl sites for hydroxylation is 2. The summed E-state index contributed by atoms with van der Waals surface area (Å²) in [6.07, 6.45) is 2.28. The van der Waals surface area contributed by atoms with Crippen LogP contribution in [0.15, 0.2) is 83.8 Å². The third-order valence-electron chi connectivity index (χ3n) is 7.80. The molecular formula is C34H26N6O4. The Morgan fingerprint density at radius 3 is 2.50 bits per heavy atom. The van der Waals surface area contributed by atoms with Crippen LogP contribution in [0.2, 0.25) is 0 Å². The largest absolute Gasteiger partial charge is 0.478 e. The first-order valence-electron chi connectivity index (χ1n) is 13.9. The number of amides is 1. The highest BCUT2D eigenvalue weighted by molar-refractivity contribution is 6.05. The van der Waals surface area contributed by atoms with E-state index in [0.717, 1.165) is 38.7 Å². The predicted molar refractivity (Wildman–Crippen MR) is 166 cm³/mol. The standard InChI is InChI=1S/C34H26N6O4/c1-3-19-14-21(28-17-37-40(2)31(28)23-13-12-20-8-4-5-9-22(20)27(23)16-35)15-26-29(38-39-33(42)30(19)26)18-36-32(41)24-10-6-7-11-25(24)34(43)44/h4-15,17H,3,18H2,1-2H3,(H,36,41)(H,39,42)(H,43,44). The Kier molecular flexibility index (Phi) is 7.21. The molecule has 0 aliphatic heterocycles. The van der Waals surface area contributed by atoms with E-state index in [1.54, 1.807) is 23.0 Å². The Morgan fingerprint density at radius 2 is 1.75 bits per heavy atom. The van der Waals surface area contributed by atoms with Crippen LogP contribution in [0.5, 0.6) is 0 Å². The Labute approximate surface area is 251 Å². The molecule has 44 heavy (non-hydrogen) atoms. The van der Waals surface area contributed by atoms with E-state index in [4.69, 9.17) is 0 Å². The first-order valence-corrected chi connectivity index (χ1v) is 13.9. The Hall–Kier alpha value is -6.08. The maximum atomic E-state index is 13.0. The second-order valence-electron chi connectivity index (χ2n) is 10.3. The number of rotatable bonds is 7. The van der Waals surface area contributed by atoms with Gasteiger partial charge in [-0.2, -0.15) is 15.5 Å². The van der Waals surface area contributed by atoms with Crippen molar-refractivity contribution in [3.8, 4) is 28.5 Å². The molecule has 0 atom stereocenters. The van der Waals surface area contributed by atoms with Crippen LogP contribution in [-0.2, 0) is 20.0 Å². The number of hydrogen-bond acceptors (Lipinski definition) is 6. The van der Waals surface area contributed by atoms with Gasteiger partial charge in [0.1, 0.15) is 6.07 Å². The molecule has 0 fully saturated rings. The number of aromatic nitrogens is 4. The van der Waals surface area contributed by atoms with Gasteiger partial charge in [0, 0.05) is 28.9 Å². The number of nitrogens with one attached hydrogen (secondary N) is 2. The minimum absolute atomic E-state index is 0.0207. The molecule has 0 radical (unpaired) electrons. The molecule has 3 N–H and O–H groups in total. The monoisotopic (exact) mass is 582 g/mol. The molecule has 0 spiro atoms. The summed E-state index contributed by atoms with van der Waals surface area (Å²) in [6.45, 7) is 1.89. The number of aromatic carboxylic acids is 1. The molecule has 1 amide bonds. The van der Waals surface area contributed by atoms with Gasteiger partial charge in [-0.15, -0.1) is 0 Å². The van der Waals surface area contributed by atoms with Gasteiger partial charge in [-0.1, -0.05) is 61.5 Å². The van der Waals surface area contributed by atoms with Crippen molar-refractivity contribution < 1.29 is 14.7 Å². The van der Waals surface area contributed by atoms with Gasteiger partial charge in [-0.05, 0) is 41.1 Å². The molecule has 0 aliphatic rings. The minimum atomic E-state index is -1.21. The number of hydrogen-bond donors (Lipinski definition) is 3. The highest BCUT2D eigenvalue weighted by Crippen LogP contribution is 2.38. The normalized spacial score (nSPS) is 11.0. The van der Waals surface area contributed by atoms with Crippen LogP contribution < -0.4 is 10.9 Å². The zero-order chi connectivity index (χ0) is 31.0. The van der Waals surface area contributed by atoms with Crippen LogP contribution in [0.3, 0.4) is 0 Å². The zero-order valence-electron chi connectivity index (χ0n) is 23.9. The molecule has 6 rings (SSSR count). The fourth-order valence-electron chi connectivity index (χ4n) is 5.69. The molecule has 4 aromatic carbocycles. The van der Waals surface area contributed by atoms with Crippen molar-refractivity contribution in [1.29, 1.82) is 5.26 Å². The Balaban J connectivity index is 1.48. The highest BCUT2D eigenvalue weighted by Gasteiger charge is 2.21. The lowest BCUT2D eigenvalue weighted by Crippen LogP contribution is -2.26. The van der Waals surface area contributed by atoms with Crippen molar-refractivity contribution in [1.82, 2.24) is 25.3 Å². The third-order valence-corrected chi connectivity index (χ3v) is 7.80. The molecule has 0 bridgehead atoms. The smallest absolute Gasteiger partial charge is 0.336 e. The van der Waals surface area contributed by atoms with Gasteiger partial charge >= 0.3 is 5.97 Å². The van der Waals surface area contributed by atoms with Crippen LogP contribution >= 0.6 is 0 Å². The van der Waals surface area contributed by atoms with Gasteiger partial charge in [0.15, 0.2) is 0 Å². The van der Waals surface area contributed by atoms with Gasteiger partial charge in [0.25, 0.3) is 11.5 Å². The van der Waals surface area contributed by atoms with E-state index < -0.39 is 11.9 Å². The van der Waals surface area contributed by atoms with E-state index in [1.807, 2.05) is 62.5 Å². The average Bonchev–Trinajstić information content (AvgIpc) is 3.43. The van der Waals surface area contributed by atoms with E-state index in [-0.39, 0.29) is 23.2 Å². The molecule has 2 aromatic heterocycles. The molecule has 0 unspecified atom stereocenters. The molecule has 0 aliphatic carbocycles. The van der Waals surface area contributed by atoms with E-state index in [9.17, 15) is 24.8 Å². The summed E-state index contributed by atoms with van der Waals surface area (Å²) in [5, 5.41) is 36.6. The van der Waals surface area contributed by atoms with Gasteiger partial charge in [-0.3, -0.25) is 14.3 Å². The molecule has 0 saturated carbocycles.